The Labute approximate surface area is 109 Å². The molecule has 2 aromatic carbocycles. The molecular formula is C15H13F3O. The lowest BCUT2D eigenvalue weighted by Gasteiger charge is -2.25. The van der Waals surface area contributed by atoms with Gasteiger partial charge in [-0.05, 0) is 48.7 Å². The summed E-state index contributed by atoms with van der Waals surface area (Å²) >= 11 is 0. The molecule has 1 unspecified atom stereocenters. The first-order valence-corrected chi connectivity index (χ1v) is 5.76. The third-order valence-electron chi connectivity index (χ3n) is 3.16. The standard InChI is InChI=1S/C15H13F3O/c1-9-3-4-10(7-14(9)18)15(2,19)11-5-12(16)8-13(17)6-11/h3-8,19H,1-2H3. The minimum atomic E-state index is -1.67. The van der Waals surface area contributed by atoms with E-state index in [1.165, 1.54) is 19.1 Å². The van der Waals surface area contributed by atoms with Crippen LogP contribution in [0.3, 0.4) is 0 Å². The second-order valence-corrected chi connectivity index (χ2v) is 4.69. The Morgan fingerprint density at radius 2 is 1.47 bits per heavy atom. The van der Waals surface area contributed by atoms with Crippen LogP contribution in [0.4, 0.5) is 13.2 Å². The molecule has 1 nitrogen and oxygen atoms in total. The van der Waals surface area contributed by atoms with E-state index < -0.39 is 23.1 Å². The van der Waals surface area contributed by atoms with Crippen LogP contribution in [0.5, 0.6) is 0 Å². The number of hydrogen-bond donors (Lipinski definition) is 1. The SMILES string of the molecule is Cc1ccc(C(C)(O)c2cc(F)cc(F)c2)cc1F. The fourth-order valence-electron chi connectivity index (χ4n) is 1.90. The molecule has 0 aliphatic heterocycles. The van der Waals surface area contributed by atoms with Gasteiger partial charge in [-0.3, -0.25) is 0 Å². The number of rotatable bonds is 2. The highest BCUT2D eigenvalue weighted by molar-refractivity contribution is 5.37. The van der Waals surface area contributed by atoms with E-state index in [1.807, 2.05) is 0 Å². The zero-order valence-corrected chi connectivity index (χ0v) is 10.5. The Bertz CT molecular complexity index is 601. The van der Waals surface area contributed by atoms with Crippen LogP contribution in [0, 0.1) is 24.4 Å². The molecule has 0 aromatic heterocycles. The van der Waals surface area contributed by atoms with Gasteiger partial charge in [0, 0.05) is 6.07 Å². The Hall–Kier alpha value is -1.81. The van der Waals surface area contributed by atoms with Crippen molar-refractivity contribution in [1.29, 1.82) is 0 Å². The second kappa shape index (κ2) is 4.70. The Morgan fingerprint density at radius 1 is 0.895 bits per heavy atom. The molecule has 0 bridgehead atoms. The van der Waals surface area contributed by atoms with E-state index in [2.05, 4.69) is 0 Å². The maximum absolute atomic E-state index is 13.5. The third kappa shape index (κ3) is 2.63. The molecule has 0 saturated carbocycles. The quantitative estimate of drug-likeness (QED) is 0.879. The smallest absolute Gasteiger partial charge is 0.126 e. The average molecular weight is 266 g/mol. The van der Waals surface area contributed by atoms with Crippen molar-refractivity contribution in [2.24, 2.45) is 0 Å². The number of hydrogen-bond acceptors (Lipinski definition) is 1. The van der Waals surface area contributed by atoms with Crippen LogP contribution in [-0.4, -0.2) is 5.11 Å². The summed E-state index contributed by atoms with van der Waals surface area (Å²) in [6, 6.07) is 6.98. The lowest BCUT2D eigenvalue weighted by Crippen LogP contribution is -2.23. The lowest BCUT2D eigenvalue weighted by molar-refractivity contribution is 0.101. The first-order valence-electron chi connectivity index (χ1n) is 5.76. The number of aliphatic hydroxyl groups is 1. The molecule has 0 amide bonds. The molecule has 0 aliphatic carbocycles. The van der Waals surface area contributed by atoms with Crippen LogP contribution in [0.2, 0.25) is 0 Å². The minimum Gasteiger partial charge on any atom is -0.381 e. The third-order valence-corrected chi connectivity index (χ3v) is 3.16. The molecule has 19 heavy (non-hydrogen) atoms. The van der Waals surface area contributed by atoms with Crippen molar-refractivity contribution in [3.8, 4) is 0 Å². The highest BCUT2D eigenvalue weighted by Gasteiger charge is 2.27. The zero-order valence-electron chi connectivity index (χ0n) is 10.5. The molecule has 0 fully saturated rings. The largest absolute Gasteiger partial charge is 0.381 e. The van der Waals surface area contributed by atoms with Crippen molar-refractivity contribution < 1.29 is 18.3 Å². The topological polar surface area (TPSA) is 20.2 Å². The summed E-state index contributed by atoms with van der Waals surface area (Å²) in [5.41, 5.74) is -0.962. The second-order valence-electron chi connectivity index (χ2n) is 4.69. The van der Waals surface area contributed by atoms with E-state index in [1.54, 1.807) is 6.92 Å². The van der Waals surface area contributed by atoms with E-state index in [-0.39, 0.29) is 11.1 Å². The van der Waals surface area contributed by atoms with E-state index >= 15 is 0 Å². The van der Waals surface area contributed by atoms with Gasteiger partial charge >= 0.3 is 0 Å². The molecule has 0 radical (unpaired) electrons. The van der Waals surface area contributed by atoms with Crippen molar-refractivity contribution in [3.05, 3.63) is 70.5 Å². The van der Waals surface area contributed by atoms with Gasteiger partial charge in [-0.1, -0.05) is 12.1 Å². The van der Waals surface area contributed by atoms with Crippen molar-refractivity contribution >= 4 is 0 Å². The van der Waals surface area contributed by atoms with Crippen LogP contribution in [-0.2, 0) is 5.60 Å². The predicted molar refractivity (Wildman–Crippen MR) is 66.2 cm³/mol. The van der Waals surface area contributed by atoms with Crippen molar-refractivity contribution in [2.45, 2.75) is 19.4 Å². The normalized spacial score (nSPS) is 14.2. The zero-order chi connectivity index (χ0) is 14.2. The number of benzene rings is 2. The van der Waals surface area contributed by atoms with Crippen LogP contribution in [0.1, 0.15) is 23.6 Å². The van der Waals surface area contributed by atoms with E-state index in [9.17, 15) is 18.3 Å². The Kier molecular flexibility index (Phi) is 3.37. The van der Waals surface area contributed by atoms with E-state index in [0.29, 0.717) is 5.56 Å². The highest BCUT2D eigenvalue weighted by Crippen LogP contribution is 2.31. The molecule has 1 atom stereocenters. The average Bonchev–Trinajstić information content (AvgIpc) is 2.31. The molecule has 0 aliphatic rings. The van der Waals surface area contributed by atoms with Gasteiger partial charge in [0.25, 0.3) is 0 Å². The van der Waals surface area contributed by atoms with Crippen molar-refractivity contribution in [3.63, 3.8) is 0 Å². The predicted octanol–water partition coefficient (Wildman–Crippen LogP) is 3.67. The fourth-order valence-corrected chi connectivity index (χ4v) is 1.90. The summed E-state index contributed by atoms with van der Waals surface area (Å²) < 4.78 is 39.9. The molecule has 0 heterocycles. The highest BCUT2D eigenvalue weighted by atomic mass is 19.1. The van der Waals surface area contributed by atoms with Gasteiger partial charge in [0.2, 0.25) is 0 Å². The van der Waals surface area contributed by atoms with Crippen molar-refractivity contribution in [1.82, 2.24) is 0 Å². The Morgan fingerprint density at radius 3 is 2.00 bits per heavy atom. The van der Waals surface area contributed by atoms with Crippen molar-refractivity contribution in [2.75, 3.05) is 0 Å². The van der Waals surface area contributed by atoms with E-state index in [4.69, 9.17) is 0 Å². The van der Waals surface area contributed by atoms with Crippen LogP contribution < -0.4 is 0 Å². The first kappa shape index (κ1) is 13.6. The lowest BCUT2D eigenvalue weighted by atomic mass is 9.87. The summed E-state index contributed by atoms with van der Waals surface area (Å²) in [6.07, 6.45) is 0. The van der Waals surface area contributed by atoms with Gasteiger partial charge < -0.3 is 5.11 Å². The summed E-state index contributed by atoms with van der Waals surface area (Å²) in [5, 5.41) is 10.4. The van der Waals surface area contributed by atoms with Gasteiger partial charge in [-0.15, -0.1) is 0 Å². The van der Waals surface area contributed by atoms with Gasteiger partial charge in [-0.2, -0.15) is 0 Å². The van der Waals surface area contributed by atoms with Crippen LogP contribution >= 0.6 is 0 Å². The minimum absolute atomic E-state index is 0.0354. The van der Waals surface area contributed by atoms with Gasteiger partial charge in [0.1, 0.15) is 23.1 Å². The monoisotopic (exact) mass is 266 g/mol. The maximum Gasteiger partial charge on any atom is 0.126 e. The fraction of sp³-hybridized carbons (Fsp3) is 0.200. The molecule has 0 saturated heterocycles. The van der Waals surface area contributed by atoms with E-state index in [0.717, 1.165) is 24.3 Å². The Balaban J connectivity index is 2.54. The molecule has 100 valence electrons. The summed E-state index contributed by atoms with van der Waals surface area (Å²) in [4.78, 5) is 0. The van der Waals surface area contributed by atoms with Crippen LogP contribution in [0.15, 0.2) is 36.4 Å². The van der Waals surface area contributed by atoms with Gasteiger partial charge in [0.15, 0.2) is 0 Å². The molecule has 0 spiro atoms. The maximum atomic E-state index is 13.5. The number of halogens is 3. The summed E-state index contributed by atoms with van der Waals surface area (Å²) in [5.74, 6) is -2.06. The molecule has 2 aromatic rings. The van der Waals surface area contributed by atoms with Crippen LogP contribution in [0.25, 0.3) is 0 Å². The molecular weight excluding hydrogens is 253 g/mol. The molecule has 4 heteroatoms. The first-order chi connectivity index (χ1) is 8.80. The van der Waals surface area contributed by atoms with Gasteiger partial charge in [0.05, 0.1) is 0 Å². The molecule has 2 rings (SSSR count). The summed E-state index contributed by atoms with van der Waals surface area (Å²) in [6.45, 7) is 2.96. The molecule has 1 N–H and O–H groups in total. The van der Waals surface area contributed by atoms with Gasteiger partial charge in [-0.25, -0.2) is 13.2 Å². The number of aryl methyl sites for hydroxylation is 1. The summed E-state index contributed by atoms with van der Waals surface area (Å²) in [7, 11) is 0.